The summed E-state index contributed by atoms with van der Waals surface area (Å²) >= 11 is 17.1. The van der Waals surface area contributed by atoms with Crippen LogP contribution in [0.5, 0.6) is 17.2 Å². The Labute approximate surface area is 275 Å². The van der Waals surface area contributed by atoms with Crippen molar-refractivity contribution in [3.8, 4) is 17.2 Å². The van der Waals surface area contributed by atoms with Gasteiger partial charge >= 0.3 is 5.97 Å². The molecule has 0 amide bonds. The van der Waals surface area contributed by atoms with Crippen molar-refractivity contribution in [2.75, 3.05) is 20.8 Å². The third-order valence-corrected chi connectivity index (χ3v) is 9.09. The molecule has 4 aromatic rings. The minimum absolute atomic E-state index is 0.174. The monoisotopic (exact) mass is 716 g/mol. The predicted molar refractivity (Wildman–Crippen MR) is 175 cm³/mol. The quantitative estimate of drug-likeness (QED) is 0.185. The Bertz CT molecular complexity index is 1970. The van der Waals surface area contributed by atoms with E-state index in [-0.39, 0.29) is 24.3 Å². The van der Waals surface area contributed by atoms with Crippen molar-refractivity contribution in [1.82, 2.24) is 4.57 Å². The molecule has 1 aliphatic rings. The fourth-order valence-electron chi connectivity index (χ4n) is 4.80. The van der Waals surface area contributed by atoms with E-state index >= 15 is 0 Å². The average molecular weight is 718 g/mol. The van der Waals surface area contributed by atoms with Crippen LogP contribution in [-0.4, -0.2) is 31.4 Å². The normalized spacial score (nSPS) is 14.6. The van der Waals surface area contributed by atoms with Gasteiger partial charge in [0.15, 0.2) is 4.80 Å². The molecule has 8 nitrogen and oxygen atoms in total. The van der Waals surface area contributed by atoms with E-state index in [4.69, 9.17) is 42.1 Å². The molecule has 44 heavy (non-hydrogen) atoms. The molecule has 1 atom stereocenters. The van der Waals surface area contributed by atoms with Crippen LogP contribution in [0.15, 0.2) is 80.1 Å². The highest BCUT2D eigenvalue weighted by Gasteiger charge is 2.35. The highest BCUT2D eigenvalue weighted by molar-refractivity contribution is 9.10. The first kappa shape index (κ1) is 31.8. The van der Waals surface area contributed by atoms with Crippen LogP contribution in [-0.2, 0) is 16.1 Å². The number of allylic oxidation sites excluding steroid dienone is 1. The van der Waals surface area contributed by atoms with Crippen molar-refractivity contribution in [3.05, 3.63) is 117 Å². The largest absolute Gasteiger partial charge is 0.497 e. The molecule has 0 fully saturated rings. The second kappa shape index (κ2) is 13.6. The third kappa shape index (κ3) is 6.44. The maximum Gasteiger partial charge on any atom is 0.338 e. The van der Waals surface area contributed by atoms with Crippen LogP contribution < -0.4 is 29.1 Å². The van der Waals surface area contributed by atoms with E-state index in [1.165, 1.54) is 23.0 Å². The van der Waals surface area contributed by atoms with Gasteiger partial charge in [-0.15, -0.1) is 0 Å². The second-order valence-electron chi connectivity index (χ2n) is 9.62. The van der Waals surface area contributed by atoms with Gasteiger partial charge in [0.2, 0.25) is 0 Å². The molecule has 0 saturated carbocycles. The summed E-state index contributed by atoms with van der Waals surface area (Å²) in [5.74, 6) is 1.09. The number of halogens is 3. The molecule has 12 heteroatoms. The minimum atomic E-state index is -0.824. The molecule has 3 aromatic carbocycles. The van der Waals surface area contributed by atoms with Gasteiger partial charge in [-0.05, 0) is 77.8 Å². The van der Waals surface area contributed by atoms with Gasteiger partial charge in [0.05, 0.1) is 41.1 Å². The molecule has 0 aliphatic carbocycles. The molecule has 0 saturated heterocycles. The molecular weight excluding hydrogens is 691 g/mol. The molecule has 0 unspecified atom stereocenters. The van der Waals surface area contributed by atoms with E-state index in [1.807, 2.05) is 24.3 Å². The minimum Gasteiger partial charge on any atom is -0.497 e. The first-order valence-corrected chi connectivity index (χ1v) is 15.8. The maximum atomic E-state index is 14.0. The predicted octanol–water partition coefficient (Wildman–Crippen LogP) is 6.46. The molecule has 5 rings (SSSR count). The molecule has 2 heterocycles. The molecule has 228 valence electrons. The zero-order valence-electron chi connectivity index (χ0n) is 24.2. The second-order valence-corrected chi connectivity index (χ2v) is 12.3. The van der Waals surface area contributed by atoms with Gasteiger partial charge < -0.3 is 18.9 Å². The summed E-state index contributed by atoms with van der Waals surface area (Å²) in [5, 5.41) is 1.07. The van der Waals surface area contributed by atoms with Gasteiger partial charge in [0.1, 0.15) is 29.9 Å². The summed E-state index contributed by atoms with van der Waals surface area (Å²) in [7, 11) is 3.08. The first-order chi connectivity index (χ1) is 21.1. The number of benzene rings is 3. The van der Waals surface area contributed by atoms with E-state index in [0.717, 1.165) is 11.1 Å². The van der Waals surface area contributed by atoms with Crippen LogP contribution in [0.4, 0.5) is 0 Å². The fraction of sp³-hybridized carbons (Fsp3) is 0.219. The topological polar surface area (TPSA) is 88.4 Å². The number of fused-ring (bicyclic) bond motifs is 1. The summed E-state index contributed by atoms with van der Waals surface area (Å²) in [6.07, 6.45) is 1.78. The lowest BCUT2D eigenvalue weighted by Crippen LogP contribution is -2.40. The van der Waals surface area contributed by atoms with Crippen molar-refractivity contribution in [2.24, 2.45) is 4.99 Å². The van der Waals surface area contributed by atoms with Crippen molar-refractivity contribution < 1.29 is 23.7 Å². The lowest BCUT2D eigenvalue weighted by atomic mass is 9.95. The fourth-order valence-corrected chi connectivity index (χ4v) is 6.82. The van der Waals surface area contributed by atoms with Crippen molar-refractivity contribution in [3.63, 3.8) is 0 Å². The zero-order valence-corrected chi connectivity index (χ0v) is 28.1. The molecule has 0 spiro atoms. The Morgan fingerprint density at radius 2 is 1.86 bits per heavy atom. The number of rotatable bonds is 9. The third-order valence-electron chi connectivity index (χ3n) is 6.90. The van der Waals surface area contributed by atoms with E-state index in [2.05, 4.69) is 20.9 Å². The summed E-state index contributed by atoms with van der Waals surface area (Å²) in [5.41, 5.74) is 2.58. The van der Waals surface area contributed by atoms with Gasteiger partial charge in [-0.25, -0.2) is 9.79 Å². The van der Waals surface area contributed by atoms with Gasteiger partial charge in [-0.3, -0.25) is 9.36 Å². The molecule has 1 aliphatic heterocycles. The molecule has 1 aromatic heterocycles. The highest BCUT2D eigenvalue weighted by atomic mass is 79.9. The summed E-state index contributed by atoms with van der Waals surface area (Å²) in [4.78, 5) is 32.3. The number of aromatic nitrogens is 1. The number of hydrogen-bond donors (Lipinski definition) is 0. The lowest BCUT2D eigenvalue weighted by Gasteiger charge is -2.26. The number of esters is 1. The molecule has 0 bridgehead atoms. The number of carbonyl (C=O) groups excluding carboxylic acids is 1. The first-order valence-electron chi connectivity index (χ1n) is 13.4. The smallest absolute Gasteiger partial charge is 0.338 e. The molecule has 0 radical (unpaired) electrons. The van der Waals surface area contributed by atoms with Crippen LogP contribution in [0.3, 0.4) is 0 Å². The Hall–Kier alpha value is -3.57. The van der Waals surface area contributed by atoms with Gasteiger partial charge in [-0.1, -0.05) is 46.7 Å². The zero-order chi connectivity index (χ0) is 31.5. The Morgan fingerprint density at radius 1 is 1.07 bits per heavy atom. The van der Waals surface area contributed by atoms with Crippen LogP contribution in [0.2, 0.25) is 10.0 Å². The van der Waals surface area contributed by atoms with Gasteiger partial charge in [-0.2, -0.15) is 0 Å². The number of hydrogen-bond acceptors (Lipinski definition) is 8. The number of thiazole rings is 1. The number of methoxy groups -OCH3 is 2. The van der Waals surface area contributed by atoms with E-state index in [1.54, 1.807) is 57.4 Å². The van der Waals surface area contributed by atoms with Gasteiger partial charge in [0, 0.05) is 27.2 Å². The van der Waals surface area contributed by atoms with E-state index in [9.17, 15) is 9.59 Å². The van der Waals surface area contributed by atoms with Crippen LogP contribution in [0.25, 0.3) is 6.08 Å². The van der Waals surface area contributed by atoms with E-state index in [0.29, 0.717) is 52.4 Å². The Morgan fingerprint density at radius 3 is 2.55 bits per heavy atom. The van der Waals surface area contributed by atoms with Crippen LogP contribution in [0.1, 0.15) is 36.6 Å². The molecular formula is C32H27BrCl2N2O6S. The van der Waals surface area contributed by atoms with Crippen molar-refractivity contribution in [1.29, 1.82) is 0 Å². The summed E-state index contributed by atoms with van der Waals surface area (Å²) in [6.45, 7) is 3.89. The standard InChI is InChI=1S/C32H27BrCl2N2O6S/c1-5-42-31(39)28-17(2)36-32-37(29(28)22-10-9-21(40-3)15-26(22)41-4)30(38)27(44-32)13-18-6-11-25(23(33)12-18)43-16-19-7-8-20(34)14-24(19)35/h6-15,29H,5,16H2,1-4H3/b27-13-/t29-/m0/s1. The number of nitrogens with zero attached hydrogens (tertiary/aromatic N) is 2. The SMILES string of the molecule is CCOC(=O)C1=C(C)N=c2s/c(=C\c3ccc(OCc4ccc(Cl)cc4Cl)c(Br)c3)c(=O)n2[C@H]1c1ccc(OC)cc1OC. The Kier molecular flexibility index (Phi) is 9.84. The van der Waals surface area contributed by atoms with Crippen molar-refractivity contribution in [2.45, 2.75) is 26.5 Å². The number of ether oxygens (including phenoxy) is 4. The Balaban J connectivity index is 1.55. The summed E-state index contributed by atoms with van der Waals surface area (Å²) in [6, 6.07) is 15.2. The average Bonchev–Trinajstić information content (AvgIpc) is 3.30. The van der Waals surface area contributed by atoms with Crippen molar-refractivity contribution >= 4 is 62.5 Å². The highest BCUT2D eigenvalue weighted by Crippen LogP contribution is 2.37. The lowest BCUT2D eigenvalue weighted by molar-refractivity contribution is -0.139. The number of carbonyl (C=O) groups is 1. The van der Waals surface area contributed by atoms with E-state index < -0.39 is 12.0 Å². The van der Waals surface area contributed by atoms with Gasteiger partial charge in [0.25, 0.3) is 5.56 Å². The maximum absolute atomic E-state index is 14.0. The van der Waals surface area contributed by atoms with Crippen LogP contribution in [0, 0.1) is 0 Å². The summed E-state index contributed by atoms with van der Waals surface area (Å²) < 4.78 is 25.0. The molecule has 0 N–H and O–H groups in total. The van der Waals surface area contributed by atoms with Crippen LogP contribution >= 0.6 is 50.5 Å².